The van der Waals surface area contributed by atoms with Crippen LogP contribution < -0.4 is 0 Å². The van der Waals surface area contributed by atoms with Gasteiger partial charge in [-0.15, -0.1) is 0 Å². The van der Waals surface area contributed by atoms with Crippen molar-refractivity contribution < 1.29 is 9.53 Å². The topological polar surface area (TPSA) is 44.1 Å². The summed E-state index contributed by atoms with van der Waals surface area (Å²) < 4.78 is 6.66. The number of halogens is 1. The van der Waals surface area contributed by atoms with Gasteiger partial charge in [-0.2, -0.15) is 0 Å². The van der Waals surface area contributed by atoms with Gasteiger partial charge in [-0.25, -0.2) is 9.78 Å². The molecule has 0 saturated carbocycles. The van der Waals surface area contributed by atoms with Crippen molar-refractivity contribution in [2.75, 3.05) is 7.11 Å². The number of nitrogens with zero attached hydrogens (tertiary/aromatic N) is 2. The van der Waals surface area contributed by atoms with Crippen molar-refractivity contribution in [3.8, 4) is 0 Å². The third-order valence-corrected chi connectivity index (χ3v) is 2.94. The van der Waals surface area contributed by atoms with Crippen LogP contribution in [-0.4, -0.2) is 22.6 Å². The Kier molecular flexibility index (Phi) is 3.07. The van der Waals surface area contributed by atoms with Crippen LogP contribution in [-0.2, 0) is 4.74 Å². The van der Waals surface area contributed by atoms with Gasteiger partial charge >= 0.3 is 5.97 Å². The molecule has 0 N–H and O–H groups in total. The number of hydrogen-bond donors (Lipinski definition) is 0. The summed E-state index contributed by atoms with van der Waals surface area (Å²) in [6.45, 7) is 4.12. The summed E-state index contributed by atoms with van der Waals surface area (Å²) >= 11 is 6.07. The number of esters is 1. The van der Waals surface area contributed by atoms with E-state index in [1.165, 1.54) is 7.11 Å². The number of hydrogen-bond acceptors (Lipinski definition) is 3. The summed E-state index contributed by atoms with van der Waals surface area (Å²) in [5.41, 5.74) is 2.00. The molecule has 90 valence electrons. The minimum atomic E-state index is -0.448. The monoisotopic (exact) mass is 252 g/mol. The van der Waals surface area contributed by atoms with Crippen LogP contribution in [0.4, 0.5) is 0 Å². The summed E-state index contributed by atoms with van der Waals surface area (Å²) in [7, 11) is 1.33. The zero-order chi connectivity index (χ0) is 12.6. The number of benzene rings is 1. The second kappa shape index (κ2) is 4.37. The summed E-state index contributed by atoms with van der Waals surface area (Å²) in [5, 5.41) is 0.381. The lowest BCUT2D eigenvalue weighted by Crippen LogP contribution is -2.03. The summed E-state index contributed by atoms with van der Waals surface area (Å²) in [5.74, 6) is -0.448. The molecule has 0 unspecified atom stereocenters. The Bertz CT molecular complexity index is 575. The maximum Gasteiger partial charge on any atom is 0.339 e. The highest BCUT2D eigenvalue weighted by Gasteiger charge is 2.15. The molecule has 0 fully saturated rings. The van der Waals surface area contributed by atoms with Crippen LogP contribution in [0.5, 0.6) is 0 Å². The molecule has 2 rings (SSSR count). The molecule has 0 saturated heterocycles. The maximum absolute atomic E-state index is 11.5. The van der Waals surface area contributed by atoms with E-state index in [-0.39, 0.29) is 0 Å². The molecule has 1 aromatic heterocycles. The quantitative estimate of drug-likeness (QED) is 0.772. The van der Waals surface area contributed by atoms with E-state index in [1.54, 1.807) is 18.5 Å². The van der Waals surface area contributed by atoms with Crippen molar-refractivity contribution in [3.63, 3.8) is 0 Å². The van der Waals surface area contributed by atoms with Crippen LogP contribution in [0.25, 0.3) is 11.0 Å². The normalized spacial score (nSPS) is 11.1. The van der Waals surface area contributed by atoms with Crippen LogP contribution in [0.1, 0.15) is 30.2 Å². The third-order valence-electron chi connectivity index (χ3n) is 2.63. The number of methoxy groups -OCH3 is 1. The molecule has 1 heterocycles. The van der Waals surface area contributed by atoms with Crippen molar-refractivity contribution in [1.82, 2.24) is 9.55 Å². The second-order valence-corrected chi connectivity index (χ2v) is 4.47. The van der Waals surface area contributed by atoms with Gasteiger partial charge in [0, 0.05) is 6.04 Å². The number of rotatable bonds is 2. The average molecular weight is 253 g/mol. The van der Waals surface area contributed by atoms with Gasteiger partial charge in [-0.05, 0) is 26.0 Å². The standard InChI is InChI=1S/C12H13ClN2O2/c1-7(2)15-6-14-10-4-8(12(16)17-3)9(13)5-11(10)15/h4-7H,1-3H3. The van der Waals surface area contributed by atoms with E-state index in [1.807, 2.05) is 4.57 Å². The first kappa shape index (κ1) is 11.9. The predicted octanol–water partition coefficient (Wildman–Crippen LogP) is 3.06. The fourth-order valence-corrected chi connectivity index (χ4v) is 1.96. The molecule has 0 aliphatic rings. The van der Waals surface area contributed by atoms with Gasteiger partial charge in [0.05, 0.1) is 35.1 Å². The molecule has 0 radical (unpaired) electrons. The minimum Gasteiger partial charge on any atom is -0.465 e. The van der Waals surface area contributed by atoms with E-state index in [9.17, 15) is 4.79 Å². The fraction of sp³-hybridized carbons (Fsp3) is 0.333. The van der Waals surface area contributed by atoms with Gasteiger partial charge in [-0.3, -0.25) is 0 Å². The first-order valence-corrected chi connectivity index (χ1v) is 5.66. The van der Waals surface area contributed by atoms with E-state index in [4.69, 9.17) is 11.6 Å². The summed E-state index contributed by atoms with van der Waals surface area (Å²) in [6, 6.07) is 3.69. The molecule has 0 spiro atoms. The van der Waals surface area contributed by atoms with E-state index in [0.717, 1.165) is 11.0 Å². The zero-order valence-corrected chi connectivity index (χ0v) is 10.7. The van der Waals surface area contributed by atoms with Gasteiger partial charge in [-0.1, -0.05) is 11.6 Å². The third kappa shape index (κ3) is 2.00. The van der Waals surface area contributed by atoms with Crippen molar-refractivity contribution in [2.24, 2.45) is 0 Å². The molecule has 1 aromatic carbocycles. The number of ether oxygens (including phenoxy) is 1. The maximum atomic E-state index is 11.5. The first-order valence-electron chi connectivity index (χ1n) is 5.29. The van der Waals surface area contributed by atoms with Crippen LogP contribution in [0.15, 0.2) is 18.5 Å². The second-order valence-electron chi connectivity index (χ2n) is 4.06. The lowest BCUT2D eigenvalue weighted by Gasteiger charge is -2.08. The predicted molar refractivity (Wildman–Crippen MR) is 66.5 cm³/mol. The largest absolute Gasteiger partial charge is 0.465 e. The first-order chi connectivity index (χ1) is 8.04. The molecule has 0 bridgehead atoms. The van der Waals surface area contributed by atoms with Crippen molar-refractivity contribution >= 4 is 28.6 Å². The Balaban J connectivity index is 2.64. The van der Waals surface area contributed by atoms with Gasteiger partial charge in [0.25, 0.3) is 0 Å². The SMILES string of the molecule is COC(=O)c1cc2ncn(C(C)C)c2cc1Cl. The van der Waals surface area contributed by atoms with Gasteiger partial charge in [0.15, 0.2) is 0 Å². The summed E-state index contributed by atoms with van der Waals surface area (Å²) in [4.78, 5) is 15.7. The average Bonchev–Trinajstić information content (AvgIpc) is 2.69. The van der Waals surface area contributed by atoms with E-state index >= 15 is 0 Å². The molecular weight excluding hydrogens is 240 g/mol. The zero-order valence-electron chi connectivity index (χ0n) is 9.90. The Morgan fingerprint density at radius 1 is 1.47 bits per heavy atom. The molecular formula is C12H13ClN2O2. The summed E-state index contributed by atoms with van der Waals surface area (Å²) in [6.07, 6.45) is 1.74. The Hall–Kier alpha value is -1.55. The van der Waals surface area contributed by atoms with E-state index in [0.29, 0.717) is 16.6 Å². The number of fused-ring (bicyclic) bond motifs is 1. The fourth-order valence-electron chi connectivity index (χ4n) is 1.73. The Morgan fingerprint density at radius 3 is 2.76 bits per heavy atom. The molecule has 0 amide bonds. The van der Waals surface area contributed by atoms with Gasteiger partial charge < -0.3 is 9.30 Å². The number of carbonyl (C=O) groups excluding carboxylic acids is 1. The van der Waals surface area contributed by atoms with Gasteiger partial charge in [0.2, 0.25) is 0 Å². The van der Waals surface area contributed by atoms with Crippen LogP contribution in [0, 0.1) is 0 Å². The van der Waals surface area contributed by atoms with Crippen LogP contribution in [0.2, 0.25) is 5.02 Å². The van der Waals surface area contributed by atoms with Gasteiger partial charge in [0.1, 0.15) is 0 Å². The highest BCUT2D eigenvalue weighted by atomic mass is 35.5. The highest BCUT2D eigenvalue weighted by Crippen LogP contribution is 2.25. The van der Waals surface area contributed by atoms with Crippen molar-refractivity contribution in [2.45, 2.75) is 19.9 Å². The number of carbonyl (C=O) groups is 1. The van der Waals surface area contributed by atoms with Crippen LogP contribution >= 0.6 is 11.6 Å². The van der Waals surface area contributed by atoms with Crippen LogP contribution in [0.3, 0.4) is 0 Å². The molecule has 17 heavy (non-hydrogen) atoms. The molecule has 5 heteroatoms. The molecule has 4 nitrogen and oxygen atoms in total. The van der Waals surface area contributed by atoms with E-state index in [2.05, 4.69) is 23.6 Å². The highest BCUT2D eigenvalue weighted by molar-refractivity contribution is 6.34. The number of aromatic nitrogens is 2. The van der Waals surface area contributed by atoms with E-state index < -0.39 is 5.97 Å². The smallest absolute Gasteiger partial charge is 0.339 e. The molecule has 2 aromatic rings. The number of imidazole rings is 1. The Labute approximate surface area is 104 Å². The van der Waals surface area contributed by atoms with Crippen molar-refractivity contribution in [1.29, 1.82) is 0 Å². The van der Waals surface area contributed by atoms with Crippen molar-refractivity contribution in [3.05, 3.63) is 29.0 Å². The lowest BCUT2D eigenvalue weighted by molar-refractivity contribution is 0.0601. The molecule has 0 atom stereocenters. The Morgan fingerprint density at radius 2 is 2.18 bits per heavy atom. The molecule has 0 aliphatic heterocycles. The molecule has 0 aliphatic carbocycles. The minimum absolute atomic E-state index is 0.292. The lowest BCUT2D eigenvalue weighted by atomic mass is 10.2.